The molecular weight excluding hydrogens is 202 g/mol. The Morgan fingerprint density at radius 1 is 1.31 bits per heavy atom. The highest BCUT2D eigenvalue weighted by Crippen LogP contribution is 2.28. The lowest BCUT2D eigenvalue weighted by Crippen LogP contribution is -1.98. The molecule has 1 aromatic carbocycles. The molecule has 2 N–H and O–H groups in total. The van der Waals surface area contributed by atoms with Crippen molar-refractivity contribution in [2.75, 3.05) is 0 Å². The summed E-state index contributed by atoms with van der Waals surface area (Å²) in [7, 11) is 0. The van der Waals surface area contributed by atoms with Crippen molar-refractivity contribution in [2.45, 2.75) is 25.7 Å². The quantitative estimate of drug-likeness (QED) is 0.807. The standard InChI is InChI=1S/C13H13NO2/c15-13(16)6-10-7-14-12-5-9-3-1-2-8(9)4-11(10)12/h4-5,7,14H,1-3,6H2,(H,15,16). The molecule has 0 spiro atoms. The summed E-state index contributed by atoms with van der Waals surface area (Å²) in [6.45, 7) is 0. The summed E-state index contributed by atoms with van der Waals surface area (Å²) in [6, 6.07) is 4.33. The van der Waals surface area contributed by atoms with Crippen molar-refractivity contribution in [1.82, 2.24) is 4.98 Å². The van der Waals surface area contributed by atoms with Gasteiger partial charge in [0.2, 0.25) is 0 Å². The first kappa shape index (κ1) is 9.46. The van der Waals surface area contributed by atoms with E-state index in [4.69, 9.17) is 5.11 Å². The van der Waals surface area contributed by atoms with Crippen molar-refractivity contribution in [3.05, 3.63) is 35.0 Å². The molecule has 0 aliphatic heterocycles. The topological polar surface area (TPSA) is 53.1 Å². The number of hydrogen-bond donors (Lipinski definition) is 2. The van der Waals surface area contributed by atoms with Crippen LogP contribution in [-0.2, 0) is 24.1 Å². The van der Waals surface area contributed by atoms with Gasteiger partial charge in [-0.15, -0.1) is 0 Å². The highest BCUT2D eigenvalue weighted by molar-refractivity contribution is 5.88. The van der Waals surface area contributed by atoms with E-state index in [1.165, 1.54) is 17.5 Å². The van der Waals surface area contributed by atoms with Crippen molar-refractivity contribution in [3.63, 3.8) is 0 Å². The predicted molar refractivity (Wildman–Crippen MR) is 61.7 cm³/mol. The van der Waals surface area contributed by atoms with E-state index in [0.717, 1.165) is 29.3 Å². The minimum Gasteiger partial charge on any atom is -0.481 e. The first-order valence-electron chi connectivity index (χ1n) is 5.57. The molecule has 16 heavy (non-hydrogen) atoms. The maximum Gasteiger partial charge on any atom is 0.307 e. The number of carboxylic acid groups (broad SMARTS) is 1. The van der Waals surface area contributed by atoms with Crippen LogP contribution in [0.2, 0.25) is 0 Å². The van der Waals surface area contributed by atoms with Crippen molar-refractivity contribution in [3.8, 4) is 0 Å². The van der Waals surface area contributed by atoms with Gasteiger partial charge in [0, 0.05) is 17.1 Å². The van der Waals surface area contributed by atoms with Gasteiger partial charge in [0.15, 0.2) is 0 Å². The molecule has 3 nitrogen and oxygen atoms in total. The SMILES string of the molecule is O=C(O)Cc1c[nH]c2cc3c(cc12)CCC3. The van der Waals surface area contributed by atoms with Gasteiger partial charge < -0.3 is 10.1 Å². The molecule has 0 fully saturated rings. The summed E-state index contributed by atoms with van der Waals surface area (Å²) in [4.78, 5) is 13.9. The number of carboxylic acids is 1. The summed E-state index contributed by atoms with van der Waals surface area (Å²) in [5.74, 6) is -0.776. The zero-order valence-corrected chi connectivity index (χ0v) is 8.92. The zero-order chi connectivity index (χ0) is 11.1. The van der Waals surface area contributed by atoms with Crippen LogP contribution in [0.5, 0.6) is 0 Å². The molecule has 1 heterocycles. The van der Waals surface area contributed by atoms with Gasteiger partial charge in [-0.1, -0.05) is 0 Å². The van der Waals surface area contributed by atoms with E-state index >= 15 is 0 Å². The minimum atomic E-state index is -0.776. The van der Waals surface area contributed by atoms with Gasteiger partial charge in [-0.25, -0.2) is 0 Å². The van der Waals surface area contributed by atoms with Crippen LogP contribution in [0, 0.1) is 0 Å². The summed E-state index contributed by atoms with van der Waals surface area (Å²) in [6.07, 6.45) is 5.41. The van der Waals surface area contributed by atoms with Crippen LogP contribution in [0.15, 0.2) is 18.3 Å². The van der Waals surface area contributed by atoms with E-state index in [9.17, 15) is 4.79 Å². The molecule has 0 radical (unpaired) electrons. The van der Waals surface area contributed by atoms with Gasteiger partial charge in [0.1, 0.15) is 0 Å². The molecule has 3 rings (SSSR count). The summed E-state index contributed by atoms with van der Waals surface area (Å²) in [5.41, 5.74) is 4.75. The molecule has 0 unspecified atom stereocenters. The summed E-state index contributed by atoms with van der Waals surface area (Å²) >= 11 is 0. The van der Waals surface area contributed by atoms with E-state index in [1.54, 1.807) is 0 Å². The maximum absolute atomic E-state index is 10.7. The Hall–Kier alpha value is -1.77. The molecule has 1 aliphatic rings. The monoisotopic (exact) mass is 215 g/mol. The lowest BCUT2D eigenvalue weighted by atomic mass is 10.0. The number of aromatic nitrogens is 1. The van der Waals surface area contributed by atoms with E-state index in [1.807, 2.05) is 6.20 Å². The fraction of sp³-hybridized carbons (Fsp3) is 0.308. The first-order chi connectivity index (χ1) is 7.74. The van der Waals surface area contributed by atoms with Crippen LogP contribution < -0.4 is 0 Å². The van der Waals surface area contributed by atoms with Crippen molar-refractivity contribution in [2.24, 2.45) is 0 Å². The Morgan fingerprint density at radius 3 is 2.81 bits per heavy atom. The van der Waals surface area contributed by atoms with Gasteiger partial charge in [-0.05, 0) is 48.1 Å². The van der Waals surface area contributed by atoms with E-state index in [0.29, 0.717) is 0 Å². The molecule has 0 bridgehead atoms. The average Bonchev–Trinajstić information content (AvgIpc) is 2.81. The van der Waals surface area contributed by atoms with Gasteiger partial charge in [-0.2, -0.15) is 0 Å². The Balaban J connectivity index is 2.15. The number of benzene rings is 1. The fourth-order valence-electron chi connectivity index (χ4n) is 2.56. The van der Waals surface area contributed by atoms with Crippen LogP contribution >= 0.6 is 0 Å². The smallest absolute Gasteiger partial charge is 0.307 e. The molecule has 0 saturated heterocycles. The average molecular weight is 215 g/mol. The van der Waals surface area contributed by atoms with E-state index in [2.05, 4.69) is 17.1 Å². The molecule has 82 valence electrons. The minimum absolute atomic E-state index is 0.0960. The van der Waals surface area contributed by atoms with Gasteiger partial charge in [0.25, 0.3) is 0 Å². The van der Waals surface area contributed by atoms with Crippen molar-refractivity contribution in [1.29, 1.82) is 0 Å². The summed E-state index contributed by atoms with van der Waals surface area (Å²) < 4.78 is 0. The third kappa shape index (κ3) is 1.40. The van der Waals surface area contributed by atoms with Gasteiger partial charge in [-0.3, -0.25) is 4.79 Å². The Kier molecular flexibility index (Phi) is 1.99. The second-order valence-electron chi connectivity index (χ2n) is 4.40. The number of hydrogen-bond acceptors (Lipinski definition) is 1. The van der Waals surface area contributed by atoms with Crippen molar-refractivity contribution >= 4 is 16.9 Å². The number of aliphatic carboxylic acids is 1. The second-order valence-corrected chi connectivity index (χ2v) is 4.40. The Labute approximate surface area is 93.1 Å². The van der Waals surface area contributed by atoms with Gasteiger partial charge in [0.05, 0.1) is 6.42 Å². The molecular formula is C13H13NO2. The predicted octanol–water partition coefficient (Wildman–Crippen LogP) is 2.28. The normalized spacial score (nSPS) is 14.2. The molecule has 0 amide bonds. The number of H-pyrrole nitrogens is 1. The highest BCUT2D eigenvalue weighted by Gasteiger charge is 2.14. The number of fused-ring (bicyclic) bond motifs is 2. The number of aromatic amines is 1. The molecule has 0 saturated carbocycles. The van der Waals surface area contributed by atoms with E-state index in [-0.39, 0.29) is 6.42 Å². The lowest BCUT2D eigenvalue weighted by Gasteiger charge is -2.00. The van der Waals surface area contributed by atoms with Crippen LogP contribution in [0.4, 0.5) is 0 Å². The number of rotatable bonds is 2. The fourth-order valence-corrected chi connectivity index (χ4v) is 2.56. The van der Waals surface area contributed by atoms with Crippen molar-refractivity contribution < 1.29 is 9.90 Å². The molecule has 1 aromatic heterocycles. The largest absolute Gasteiger partial charge is 0.481 e. The Morgan fingerprint density at radius 2 is 2.06 bits per heavy atom. The second kappa shape index (κ2) is 3.37. The number of carbonyl (C=O) groups is 1. The highest BCUT2D eigenvalue weighted by atomic mass is 16.4. The number of aryl methyl sites for hydroxylation is 2. The molecule has 3 heteroatoms. The molecule has 1 aliphatic carbocycles. The summed E-state index contributed by atoms with van der Waals surface area (Å²) in [5, 5.41) is 9.90. The molecule has 0 atom stereocenters. The Bertz CT molecular complexity index is 569. The maximum atomic E-state index is 10.7. The van der Waals surface area contributed by atoms with Crippen LogP contribution in [-0.4, -0.2) is 16.1 Å². The van der Waals surface area contributed by atoms with E-state index < -0.39 is 5.97 Å². The first-order valence-corrected chi connectivity index (χ1v) is 5.57. The molecule has 2 aromatic rings. The lowest BCUT2D eigenvalue weighted by molar-refractivity contribution is -0.136. The van der Waals surface area contributed by atoms with Crippen LogP contribution in [0.3, 0.4) is 0 Å². The van der Waals surface area contributed by atoms with Crippen LogP contribution in [0.1, 0.15) is 23.1 Å². The zero-order valence-electron chi connectivity index (χ0n) is 8.92. The van der Waals surface area contributed by atoms with Gasteiger partial charge >= 0.3 is 5.97 Å². The third-order valence-electron chi connectivity index (χ3n) is 3.32. The van der Waals surface area contributed by atoms with Crippen LogP contribution in [0.25, 0.3) is 10.9 Å². The third-order valence-corrected chi connectivity index (χ3v) is 3.32. The number of nitrogens with one attached hydrogen (secondary N) is 1.